The quantitative estimate of drug-likeness (QED) is 0.256. The van der Waals surface area contributed by atoms with E-state index in [-0.39, 0.29) is 11.4 Å². The summed E-state index contributed by atoms with van der Waals surface area (Å²) < 4.78 is 5.15. The predicted molar refractivity (Wildman–Crippen MR) is 112 cm³/mol. The van der Waals surface area contributed by atoms with Gasteiger partial charge in [0.15, 0.2) is 0 Å². The number of non-ortho nitro benzene ring substituents is 2. The number of benzene rings is 2. The SMILES string of the molecule is N#Cc1c(SCc2ccc([N+](=O)[O-])cc2)nsc1SCc1ccc([N+](=O)[O-])cc1. The molecular weight excluding hydrogens is 432 g/mol. The van der Waals surface area contributed by atoms with E-state index in [0.717, 1.165) is 15.3 Å². The highest BCUT2D eigenvalue weighted by Crippen LogP contribution is 2.37. The van der Waals surface area contributed by atoms with Gasteiger partial charge in [-0.25, -0.2) is 0 Å². The summed E-state index contributed by atoms with van der Waals surface area (Å²) in [7, 11) is 0. The number of nitriles is 1. The summed E-state index contributed by atoms with van der Waals surface area (Å²) in [5.74, 6) is 1.12. The van der Waals surface area contributed by atoms with Gasteiger partial charge in [-0.05, 0) is 22.7 Å². The largest absolute Gasteiger partial charge is 0.269 e. The first-order valence-corrected chi connectivity index (χ1v) is 10.8. The maximum atomic E-state index is 10.7. The normalized spacial score (nSPS) is 10.4. The molecule has 3 aromatic rings. The van der Waals surface area contributed by atoms with Crippen LogP contribution in [0.2, 0.25) is 0 Å². The maximum absolute atomic E-state index is 10.7. The second-order valence-corrected chi connectivity index (χ2v) is 8.67. The molecule has 0 unspecified atom stereocenters. The lowest BCUT2D eigenvalue weighted by atomic mass is 10.2. The Labute approximate surface area is 178 Å². The molecule has 0 spiro atoms. The summed E-state index contributed by atoms with van der Waals surface area (Å²) in [6.45, 7) is 0. The van der Waals surface area contributed by atoms with Gasteiger partial charge >= 0.3 is 0 Å². The first-order chi connectivity index (χ1) is 14.0. The lowest BCUT2D eigenvalue weighted by Gasteiger charge is -2.01. The summed E-state index contributed by atoms with van der Waals surface area (Å²) in [5, 5.41) is 31.6. The molecule has 0 atom stereocenters. The molecule has 0 fully saturated rings. The lowest BCUT2D eigenvalue weighted by molar-refractivity contribution is -0.385. The van der Waals surface area contributed by atoms with E-state index in [1.807, 2.05) is 0 Å². The van der Waals surface area contributed by atoms with Crippen LogP contribution in [0.25, 0.3) is 0 Å². The Morgan fingerprint density at radius 2 is 1.38 bits per heavy atom. The van der Waals surface area contributed by atoms with Gasteiger partial charge in [-0.2, -0.15) is 9.64 Å². The van der Waals surface area contributed by atoms with Crippen molar-refractivity contribution in [3.8, 4) is 6.07 Å². The van der Waals surface area contributed by atoms with Gasteiger partial charge in [0.2, 0.25) is 0 Å². The number of nitrogens with zero attached hydrogens (tertiary/aromatic N) is 4. The van der Waals surface area contributed by atoms with Crippen LogP contribution in [-0.2, 0) is 11.5 Å². The molecular formula is C18H12N4O4S3. The highest BCUT2D eigenvalue weighted by atomic mass is 32.2. The van der Waals surface area contributed by atoms with Crippen LogP contribution in [0.15, 0.2) is 57.8 Å². The van der Waals surface area contributed by atoms with E-state index in [1.54, 1.807) is 24.3 Å². The van der Waals surface area contributed by atoms with Gasteiger partial charge < -0.3 is 0 Å². The Hall–Kier alpha value is -2.94. The summed E-state index contributed by atoms with van der Waals surface area (Å²) in [4.78, 5) is 20.5. The first kappa shape index (κ1) is 20.8. The van der Waals surface area contributed by atoms with Crippen molar-refractivity contribution >= 4 is 46.4 Å². The third-order valence-corrected chi connectivity index (χ3v) is 7.11. The van der Waals surface area contributed by atoms with E-state index in [9.17, 15) is 25.5 Å². The van der Waals surface area contributed by atoms with E-state index < -0.39 is 9.85 Å². The monoisotopic (exact) mass is 444 g/mol. The molecule has 1 aromatic heterocycles. The van der Waals surface area contributed by atoms with Crippen LogP contribution in [0.1, 0.15) is 16.7 Å². The maximum Gasteiger partial charge on any atom is 0.269 e. The van der Waals surface area contributed by atoms with Crippen molar-refractivity contribution in [2.45, 2.75) is 20.7 Å². The molecule has 0 N–H and O–H groups in total. The standard InChI is InChI=1S/C18H12N4O4S3/c19-9-16-17(27-10-12-1-5-14(6-2-12)21(23)24)20-29-18(16)28-11-13-3-7-15(8-4-13)22(25)26/h1-8H,10-11H2. The van der Waals surface area contributed by atoms with Crippen LogP contribution >= 0.6 is 35.1 Å². The number of thioether (sulfide) groups is 2. The Morgan fingerprint density at radius 3 is 1.83 bits per heavy atom. The molecule has 0 aliphatic heterocycles. The van der Waals surface area contributed by atoms with Crippen LogP contribution in [-0.4, -0.2) is 14.2 Å². The molecule has 3 rings (SSSR count). The molecule has 1 heterocycles. The molecule has 146 valence electrons. The predicted octanol–water partition coefficient (Wildman–Crippen LogP) is 5.42. The number of nitro benzene ring substituents is 2. The number of aromatic nitrogens is 1. The van der Waals surface area contributed by atoms with Gasteiger partial charge in [-0.15, -0.1) is 11.8 Å². The molecule has 8 nitrogen and oxygen atoms in total. The van der Waals surface area contributed by atoms with Gasteiger partial charge in [-0.3, -0.25) is 20.2 Å². The van der Waals surface area contributed by atoms with Crippen LogP contribution in [0.3, 0.4) is 0 Å². The molecule has 0 bridgehead atoms. The van der Waals surface area contributed by atoms with Crippen molar-refractivity contribution in [3.63, 3.8) is 0 Å². The Kier molecular flexibility index (Phi) is 6.82. The third-order valence-electron chi connectivity index (χ3n) is 3.78. The van der Waals surface area contributed by atoms with Gasteiger partial charge in [-0.1, -0.05) is 36.0 Å². The van der Waals surface area contributed by atoms with E-state index in [4.69, 9.17) is 0 Å². The van der Waals surface area contributed by atoms with Crippen LogP contribution in [0, 0.1) is 31.6 Å². The minimum atomic E-state index is -0.445. The second-order valence-electron chi connectivity index (χ2n) is 5.69. The van der Waals surface area contributed by atoms with E-state index in [0.29, 0.717) is 22.1 Å². The molecule has 29 heavy (non-hydrogen) atoms. The van der Waals surface area contributed by atoms with Crippen LogP contribution in [0.5, 0.6) is 0 Å². The zero-order chi connectivity index (χ0) is 20.8. The highest BCUT2D eigenvalue weighted by Gasteiger charge is 2.15. The van der Waals surface area contributed by atoms with Crippen molar-refractivity contribution in [2.24, 2.45) is 0 Å². The number of nitro groups is 2. The van der Waals surface area contributed by atoms with Gasteiger partial charge in [0.05, 0.1) is 14.1 Å². The van der Waals surface area contributed by atoms with Crippen molar-refractivity contribution in [2.75, 3.05) is 0 Å². The van der Waals surface area contributed by atoms with E-state index in [2.05, 4.69) is 10.4 Å². The van der Waals surface area contributed by atoms with Crippen molar-refractivity contribution in [1.29, 1.82) is 5.26 Å². The molecule has 0 amide bonds. The van der Waals surface area contributed by atoms with Gasteiger partial charge in [0.25, 0.3) is 11.4 Å². The fourth-order valence-corrected chi connectivity index (χ4v) is 5.29. The fraction of sp³-hybridized carbons (Fsp3) is 0.111. The zero-order valence-electron chi connectivity index (χ0n) is 14.7. The zero-order valence-corrected chi connectivity index (χ0v) is 17.1. The third kappa shape index (κ3) is 5.32. The molecule has 0 aliphatic rings. The van der Waals surface area contributed by atoms with Crippen molar-refractivity contribution in [3.05, 3.63) is 85.4 Å². The second kappa shape index (κ2) is 9.51. The topological polar surface area (TPSA) is 123 Å². The minimum Gasteiger partial charge on any atom is -0.258 e. The molecule has 0 aliphatic carbocycles. The minimum absolute atomic E-state index is 0.0371. The molecule has 0 saturated carbocycles. The summed E-state index contributed by atoms with van der Waals surface area (Å²) >= 11 is 4.11. The van der Waals surface area contributed by atoms with Crippen molar-refractivity contribution in [1.82, 2.24) is 4.37 Å². The van der Waals surface area contributed by atoms with Gasteiger partial charge in [0.1, 0.15) is 16.7 Å². The van der Waals surface area contributed by atoms with Crippen molar-refractivity contribution < 1.29 is 9.85 Å². The average Bonchev–Trinajstić information content (AvgIpc) is 3.13. The summed E-state index contributed by atoms with van der Waals surface area (Å²) in [5.41, 5.74) is 2.40. The fourth-order valence-electron chi connectivity index (χ4n) is 2.28. The Balaban J connectivity index is 1.63. The number of rotatable bonds is 8. The average molecular weight is 445 g/mol. The molecule has 2 aromatic carbocycles. The molecule has 11 heteroatoms. The van der Waals surface area contributed by atoms with Crippen LogP contribution < -0.4 is 0 Å². The Bertz CT molecular complexity index is 997. The summed E-state index contributed by atoms with van der Waals surface area (Å²) in [6, 6.07) is 14.8. The summed E-state index contributed by atoms with van der Waals surface area (Å²) in [6.07, 6.45) is 0. The van der Waals surface area contributed by atoms with E-state index >= 15 is 0 Å². The lowest BCUT2D eigenvalue weighted by Crippen LogP contribution is -1.89. The van der Waals surface area contributed by atoms with Gasteiger partial charge in [0, 0.05) is 35.8 Å². The highest BCUT2D eigenvalue weighted by molar-refractivity contribution is 8.00. The van der Waals surface area contributed by atoms with Crippen LogP contribution in [0.4, 0.5) is 11.4 Å². The number of hydrogen-bond acceptors (Lipinski definition) is 9. The van der Waals surface area contributed by atoms with E-state index in [1.165, 1.54) is 59.3 Å². The number of hydrogen-bond donors (Lipinski definition) is 0. The molecule has 0 radical (unpaired) electrons. The Morgan fingerprint density at radius 1 is 0.897 bits per heavy atom. The molecule has 0 saturated heterocycles. The smallest absolute Gasteiger partial charge is 0.258 e. The first-order valence-electron chi connectivity index (χ1n) is 8.10.